The molecule has 0 saturated carbocycles. The molecule has 0 aromatic heterocycles. The molecule has 0 radical (unpaired) electrons. The Hall–Kier alpha value is -1.90. The summed E-state index contributed by atoms with van der Waals surface area (Å²) in [5.41, 5.74) is 1.36. The Morgan fingerprint density at radius 1 is 1.12 bits per heavy atom. The van der Waals surface area contributed by atoms with Crippen molar-refractivity contribution in [3.63, 3.8) is 0 Å². The first-order chi connectivity index (χ1) is 7.93. The lowest BCUT2D eigenvalue weighted by Crippen LogP contribution is -2.10. The molecule has 0 unspecified atom stereocenters. The summed E-state index contributed by atoms with van der Waals surface area (Å²) in [7, 11) is 0. The number of rotatable bonds is 1. The average molecular weight is 229 g/mol. The maximum atomic E-state index is 10.7. The lowest BCUT2D eigenvalue weighted by atomic mass is 9.86. The lowest BCUT2D eigenvalue weighted by molar-refractivity contribution is 0.477. The monoisotopic (exact) mass is 229 g/mol. The van der Waals surface area contributed by atoms with Crippen molar-refractivity contribution in [2.75, 3.05) is 0 Å². The van der Waals surface area contributed by atoms with Gasteiger partial charge in [0.15, 0.2) is 5.69 Å². The van der Waals surface area contributed by atoms with Crippen LogP contribution >= 0.6 is 0 Å². The van der Waals surface area contributed by atoms with Crippen molar-refractivity contribution in [2.24, 2.45) is 5.18 Å². The maximum absolute atomic E-state index is 10.7. The minimum absolute atomic E-state index is 0.0564. The van der Waals surface area contributed by atoms with E-state index in [1.807, 2.05) is 18.2 Å². The summed E-state index contributed by atoms with van der Waals surface area (Å²) >= 11 is 0. The zero-order valence-corrected chi connectivity index (χ0v) is 10.2. The Morgan fingerprint density at radius 3 is 2.41 bits per heavy atom. The average Bonchev–Trinajstić information content (AvgIpc) is 2.27. The molecule has 3 heteroatoms. The molecule has 2 rings (SSSR count). The molecule has 0 fully saturated rings. The minimum atomic E-state index is -0.0731. The highest BCUT2D eigenvalue weighted by atomic mass is 16.3. The van der Waals surface area contributed by atoms with E-state index >= 15 is 0 Å². The summed E-state index contributed by atoms with van der Waals surface area (Å²) in [4.78, 5) is 10.7. The Morgan fingerprint density at radius 2 is 1.82 bits per heavy atom. The van der Waals surface area contributed by atoms with Gasteiger partial charge in [0, 0.05) is 5.39 Å². The first-order valence-electron chi connectivity index (χ1n) is 5.53. The molecule has 0 heterocycles. The quantitative estimate of drug-likeness (QED) is 0.743. The number of fused-ring (bicyclic) bond motifs is 1. The number of phenols is 1. The minimum Gasteiger partial charge on any atom is -0.506 e. The van der Waals surface area contributed by atoms with Crippen LogP contribution in [0.2, 0.25) is 0 Å². The van der Waals surface area contributed by atoms with Gasteiger partial charge in [-0.15, -0.1) is 4.91 Å². The number of hydrogen-bond donors (Lipinski definition) is 1. The Labute approximate surface area is 100 Å². The largest absolute Gasteiger partial charge is 0.506 e. The van der Waals surface area contributed by atoms with Gasteiger partial charge in [0.2, 0.25) is 0 Å². The van der Waals surface area contributed by atoms with Crippen LogP contribution < -0.4 is 0 Å². The van der Waals surface area contributed by atoms with Crippen molar-refractivity contribution in [3.05, 3.63) is 40.8 Å². The zero-order valence-electron chi connectivity index (χ0n) is 10.2. The fourth-order valence-corrected chi connectivity index (χ4v) is 1.86. The normalized spacial score (nSPS) is 11.7. The van der Waals surface area contributed by atoms with Gasteiger partial charge in [0.1, 0.15) is 5.75 Å². The molecule has 0 bridgehead atoms. The van der Waals surface area contributed by atoms with Crippen LogP contribution in [-0.4, -0.2) is 5.11 Å². The first-order valence-corrected chi connectivity index (χ1v) is 5.53. The molecule has 0 aliphatic carbocycles. The third-order valence-corrected chi connectivity index (χ3v) is 2.93. The van der Waals surface area contributed by atoms with Gasteiger partial charge in [0.05, 0.1) is 0 Å². The molecular formula is C14H15NO2. The molecule has 1 N–H and O–H groups in total. The molecule has 0 aliphatic heterocycles. The zero-order chi connectivity index (χ0) is 12.6. The van der Waals surface area contributed by atoms with E-state index in [0.717, 1.165) is 5.39 Å². The lowest BCUT2D eigenvalue weighted by Gasteiger charge is -2.19. The van der Waals surface area contributed by atoms with Crippen LogP contribution in [0, 0.1) is 4.91 Å². The van der Waals surface area contributed by atoms with Crippen molar-refractivity contribution in [1.29, 1.82) is 0 Å². The molecule has 88 valence electrons. The SMILES string of the molecule is CC(C)(C)c1ccc2c(N=O)c(O)ccc2c1. The highest BCUT2D eigenvalue weighted by molar-refractivity contribution is 5.95. The topological polar surface area (TPSA) is 49.7 Å². The first kappa shape index (κ1) is 11.6. The van der Waals surface area contributed by atoms with Gasteiger partial charge < -0.3 is 5.11 Å². The summed E-state index contributed by atoms with van der Waals surface area (Å²) in [6.45, 7) is 6.40. The van der Waals surface area contributed by atoms with E-state index in [1.54, 1.807) is 6.07 Å². The summed E-state index contributed by atoms with van der Waals surface area (Å²) in [5, 5.41) is 14.0. The van der Waals surface area contributed by atoms with Gasteiger partial charge in [-0.25, -0.2) is 0 Å². The second-order valence-corrected chi connectivity index (χ2v) is 5.21. The third-order valence-electron chi connectivity index (χ3n) is 2.93. The van der Waals surface area contributed by atoms with Gasteiger partial charge >= 0.3 is 0 Å². The van der Waals surface area contributed by atoms with Crippen molar-refractivity contribution in [3.8, 4) is 5.75 Å². The molecule has 2 aromatic carbocycles. The number of benzene rings is 2. The second-order valence-electron chi connectivity index (χ2n) is 5.21. The van der Waals surface area contributed by atoms with E-state index in [0.29, 0.717) is 5.39 Å². The van der Waals surface area contributed by atoms with Gasteiger partial charge in [-0.1, -0.05) is 45.0 Å². The molecule has 0 atom stereocenters. The maximum Gasteiger partial charge on any atom is 0.157 e. The van der Waals surface area contributed by atoms with E-state index < -0.39 is 0 Å². The second kappa shape index (κ2) is 3.84. The number of phenolic OH excluding ortho intramolecular Hbond substituents is 1. The van der Waals surface area contributed by atoms with Crippen LogP contribution in [-0.2, 0) is 5.41 Å². The van der Waals surface area contributed by atoms with E-state index in [1.165, 1.54) is 11.6 Å². The van der Waals surface area contributed by atoms with Crippen LogP contribution in [0.1, 0.15) is 26.3 Å². The summed E-state index contributed by atoms with van der Waals surface area (Å²) < 4.78 is 0. The molecule has 0 saturated heterocycles. The molecule has 0 aliphatic rings. The van der Waals surface area contributed by atoms with Crippen LogP contribution in [0.15, 0.2) is 35.5 Å². The van der Waals surface area contributed by atoms with Crippen molar-refractivity contribution < 1.29 is 5.11 Å². The van der Waals surface area contributed by atoms with Gasteiger partial charge in [-0.3, -0.25) is 0 Å². The number of nitrogens with zero attached hydrogens (tertiary/aromatic N) is 1. The van der Waals surface area contributed by atoms with Crippen molar-refractivity contribution in [1.82, 2.24) is 0 Å². The van der Waals surface area contributed by atoms with Gasteiger partial charge in [0.25, 0.3) is 0 Å². The van der Waals surface area contributed by atoms with E-state index in [2.05, 4.69) is 25.9 Å². The Kier molecular flexibility index (Phi) is 2.62. The predicted molar refractivity (Wildman–Crippen MR) is 69.8 cm³/mol. The summed E-state index contributed by atoms with van der Waals surface area (Å²) in [6.07, 6.45) is 0. The van der Waals surface area contributed by atoms with Gasteiger partial charge in [-0.05, 0) is 27.6 Å². The molecule has 0 spiro atoms. The van der Waals surface area contributed by atoms with Crippen LogP contribution in [0.3, 0.4) is 0 Å². The van der Waals surface area contributed by atoms with Crippen molar-refractivity contribution >= 4 is 16.5 Å². The molecule has 0 amide bonds. The van der Waals surface area contributed by atoms with E-state index in [-0.39, 0.29) is 16.9 Å². The summed E-state index contributed by atoms with van der Waals surface area (Å²) in [5.74, 6) is -0.0731. The smallest absolute Gasteiger partial charge is 0.157 e. The fourth-order valence-electron chi connectivity index (χ4n) is 1.86. The summed E-state index contributed by atoms with van der Waals surface area (Å²) in [6, 6.07) is 9.15. The third kappa shape index (κ3) is 2.00. The molecular weight excluding hydrogens is 214 g/mol. The highest BCUT2D eigenvalue weighted by Gasteiger charge is 2.15. The van der Waals surface area contributed by atoms with Crippen LogP contribution in [0.5, 0.6) is 5.75 Å². The molecule has 3 nitrogen and oxygen atoms in total. The van der Waals surface area contributed by atoms with Crippen molar-refractivity contribution in [2.45, 2.75) is 26.2 Å². The number of aromatic hydroxyl groups is 1. The molecule has 2 aromatic rings. The Balaban J connectivity index is 2.73. The molecule has 17 heavy (non-hydrogen) atoms. The van der Waals surface area contributed by atoms with Gasteiger partial charge in [-0.2, -0.15) is 0 Å². The highest BCUT2D eigenvalue weighted by Crippen LogP contribution is 2.36. The van der Waals surface area contributed by atoms with E-state index in [4.69, 9.17) is 0 Å². The number of hydrogen-bond acceptors (Lipinski definition) is 3. The standard InChI is InChI=1S/C14H15NO2/c1-14(2,3)10-5-6-11-9(8-10)4-7-12(16)13(11)15-17/h4-8,16H,1-3H3. The van der Waals surface area contributed by atoms with Crippen LogP contribution in [0.25, 0.3) is 10.8 Å². The fraction of sp³-hybridized carbons (Fsp3) is 0.286. The Bertz CT molecular complexity index is 583. The van der Waals surface area contributed by atoms with E-state index in [9.17, 15) is 10.0 Å². The predicted octanol–water partition coefficient (Wildman–Crippen LogP) is 4.24. The van der Waals surface area contributed by atoms with Crippen LogP contribution in [0.4, 0.5) is 5.69 Å². The number of nitroso groups, excluding NO2 is 1.